The van der Waals surface area contributed by atoms with Crippen LogP contribution < -0.4 is 10.1 Å². The van der Waals surface area contributed by atoms with Gasteiger partial charge in [0.05, 0.1) is 24.3 Å². The summed E-state index contributed by atoms with van der Waals surface area (Å²) in [6, 6.07) is 0. The van der Waals surface area contributed by atoms with Gasteiger partial charge in [0, 0.05) is 0 Å². The molecule has 0 unspecified atom stereocenters. The van der Waals surface area contributed by atoms with Gasteiger partial charge in [-0.05, 0) is 26.7 Å². The number of nitrogens with one attached hydrogen (secondary N) is 1. The van der Waals surface area contributed by atoms with Crippen LogP contribution in [0.3, 0.4) is 0 Å². The van der Waals surface area contributed by atoms with Gasteiger partial charge in [-0.25, -0.2) is 9.97 Å². The number of aliphatic hydroxyl groups is 1. The van der Waals surface area contributed by atoms with E-state index in [0.29, 0.717) is 12.5 Å². The molecule has 5 heteroatoms. The second-order valence-corrected chi connectivity index (χ2v) is 4.15. The molecule has 2 N–H and O–H groups in total. The van der Waals surface area contributed by atoms with Crippen molar-refractivity contribution in [3.63, 3.8) is 0 Å². The summed E-state index contributed by atoms with van der Waals surface area (Å²) >= 11 is 0. The van der Waals surface area contributed by atoms with Crippen LogP contribution >= 0.6 is 0 Å². The van der Waals surface area contributed by atoms with E-state index in [9.17, 15) is 5.11 Å². The monoisotopic (exact) mass is 223 g/mol. The third-order valence-corrected chi connectivity index (χ3v) is 2.86. The van der Waals surface area contributed by atoms with Gasteiger partial charge in [0.25, 0.3) is 0 Å². The van der Waals surface area contributed by atoms with Crippen molar-refractivity contribution in [2.45, 2.75) is 32.2 Å². The van der Waals surface area contributed by atoms with Crippen LogP contribution in [0.15, 0.2) is 6.33 Å². The minimum absolute atomic E-state index is 0.139. The van der Waals surface area contributed by atoms with Crippen molar-refractivity contribution in [3.05, 3.63) is 11.9 Å². The van der Waals surface area contributed by atoms with E-state index in [1.807, 2.05) is 13.8 Å². The van der Waals surface area contributed by atoms with Gasteiger partial charge in [0.2, 0.25) is 5.88 Å². The summed E-state index contributed by atoms with van der Waals surface area (Å²) < 4.78 is 5.39. The quantitative estimate of drug-likeness (QED) is 0.783. The molecule has 1 fully saturated rings. The van der Waals surface area contributed by atoms with E-state index in [0.717, 1.165) is 24.2 Å². The molecule has 1 aromatic rings. The minimum atomic E-state index is -0.164. The summed E-state index contributed by atoms with van der Waals surface area (Å²) in [5.41, 5.74) is 0.729. The molecule has 5 nitrogen and oxygen atoms in total. The van der Waals surface area contributed by atoms with E-state index in [2.05, 4.69) is 15.3 Å². The Morgan fingerprint density at radius 1 is 1.50 bits per heavy atom. The van der Waals surface area contributed by atoms with Gasteiger partial charge >= 0.3 is 0 Å². The normalized spacial score (nSPS) is 16.9. The lowest BCUT2D eigenvalue weighted by atomic mass is 10.2. The van der Waals surface area contributed by atoms with Crippen LogP contribution in [0.5, 0.6) is 5.88 Å². The fourth-order valence-electron chi connectivity index (χ4n) is 1.57. The number of nitrogens with zero attached hydrogens (tertiary/aromatic N) is 2. The van der Waals surface area contributed by atoms with E-state index in [1.165, 1.54) is 6.33 Å². The zero-order valence-electron chi connectivity index (χ0n) is 9.66. The van der Waals surface area contributed by atoms with Crippen molar-refractivity contribution >= 4 is 5.82 Å². The van der Waals surface area contributed by atoms with Crippen LogP contribution in [0.4, 0.5) is 5.82 Å². The molecule has 1 aromatic heterocycles. The highest BCUT2D eigenvalue weighted by Gasteiger charge is 2.42. The largest absolute Gasteiger partial charge is 0.478 e. The van der Waals surface area contributed by atoms with Crippen LogP contribution in [0.1, 0.15) is 25.3 Å². The first kappa shape index (κ1) is 11.1. The smallest absolute Gasteiger partial charge is 0.221 e. The lowest BCUT2D eigenvalue weighted by Gasteiger charge is -2.17. The molecule has 1 saturated carbocycles. The summed E-state index contributed by atoms with van der Waals surface area (Å²) in [5, 5.41) is 12.5. The number of rotatable bonds is 5. The van der Waals surface area contributed by atoms with Gasteiger partial charge in [-0.1, -0.05) is 0 Å². The highest BCUT2D eigenvalue weighted by Crippen LogP contribution is 2.39. The molecule has 0 radical (unpaired) electrons. The third kappa shape index (κ3) is 2.09. The predicted octanol–water partition coefficient (Wildman–Crippen LogP) is 1.12. The first-order valence-corrected chi connectivity index (χ1v) is 5.54. The molecule has 1 heterocycles. The van der Waals surface area contributed by atoms with Gasteiger partial charge in [-0.2, -0.15) is 0 Å². The van der Waals surface area contributed by atoms with Gasteiger partial charge in [-0.3, -0.25) is 0 Å². The van der Waals surface area contributed by atoms with Crippen LogP contribution in [0.25, 0.3) is 0 Å². The number of ether oxygens (including phenoxy) is 1. The summed E-state index contributed by atoms with van der Waals surface area (Å²) in [4.78, 5) is 8.25. The minimum Gasteiger partial charge on any atom is -0.478 e. The molecule has 0 saturated heterocycles. The molecule has 0 aliphatic heterocycles. The summed E-state index contributed by atoms with van der Waals surface area (Å²) in [6.45, 7) is 4.56. The maximum absolute atomic E-state index is 9.24. The van der Waals surface area contributed by atoms with Crippen molar-refractivity contribution in [1.29, 1.82) is 0 Å². The predicted molar refractivity (Wildman–Crippen MR) is 60.6 cm³/mol. The van der Waals surface area contributed by atoms with Gasteiger partial charge in [0.15, 0.2) is 0 Å². The highest BCUT2D eigenvalue weighted by molar-refractivity contribution is 5.50. The summed E-state index contributed by atoms with van der Waals surface area (Å²) in [6.07, 6.45) is 3.45. The lowest BCUT2D eigenvalue weighted by molar-refractivity contribution is 0.265. The molecule has 0 aromatic carbocycles. The molecule has 0 atom stereocenters. The van der Waals surface area contributed by atoms with Crippen LogP contribution in [-0.4, -0.2) is 33.8 Å². The second kappa shape index (κ2) is 4.25. The lowest BCUT2D eigenvalue weighted by Crippen LogP contribution is -2.26. The average Bonchev–Trinajstić information content (AvgIpc) is 3.05. The first-order chi connectivity index (χ1) is 7.71. The molecule has 1 aliphatic rings. The number of aliphatic hydroxyl groups excluding tert-OH is 1. The van der Waals surface area contributed by atoms with Crippen molar-refractivity contribution in [3.8, 4) is 5.88 Å². The van der Waals surface area contributed by atoms with E-state index in [-0.39, 0.29) is 12.1 Å². The Hall–Kier alpha value is -1.36. The maximum Gasteiger partial charge on any atom is 0.221 e. The van der Waals surface area contributed by atoms with Crippen molar-refractivity contribution in [2.75, 3.05) is 18.5 Å². The van der Waals surface area contributed by atoms with Crippen molar-refractivity contribution < 1.29 is 9.84 Å². The maximum atomic E-state index is 9.24. The van der Waals surface area contributed by atoms with E-state index < -0.39 is 0 Å². The summed E-state index contributed by atoms with van der Waals surface area (Å²) in [5.74, 6) is 1.36. The second-order valence-electron chi connectivity index (χ2n) is 4.15. The van der Waals surface area contributed by atoms with Gasteiger partial charge in [-0.15, -0.1) is 0 Å². The topological polar surface area (TPSA) is 67.3 Å². The summed E-state index contributed by atoms with van der Waals surface area (Å²) in [7, 11) is 0. The molecule has 1 aliphatic carbocycles. The van der Waals surface area contributed by atoms with Gasteiger partial charge < -0.3 is 15.2 Å². The number of hydrogen-bond acceptors (Lipinski definition) is 5. The number of anilines is 1. The molecule has 0 amide bonds. The van der Waals surface area contributed by atoms with Crippen LogP contribution in [0.2, 0.25) is 0 Å². The molecule has 0 spiro atoms. The standard InChI is InChI=1S/C11H17N3O2/c1-3-16-10-8(2)9(12-7-13-10)14-11(6-15)4-5-11/h7,15H,3-6H2,1-2H3,(H,12,13,14). The fraction of sp³-hybridized carbons (Fsp3) is 0.636. The Morgan fingerprint density at radius 2 is 2.25 bits per heavy atom. The molecule has 88 valence electrons. The molecular weight excluding hydrogens is 206 g/mol. The van der Waals surface area contributed by atoms with E-state index in [4.69, 9.17) is 4.74 Å². The Labute approximate surface area is 94.9 Å². The van der Waals surface area contributed by atoms with Gasteiger partial charge in [0.1, 0.15) is 12.1 Å². The zero-order valence-corrected chi connectivity index (χ0v) is 9.66. The molecule has 0 bridgehead atoms. The molecule has 16 heavy (non-hydrogen) atoms. The van der Waals surface area contributed by atoms with Crippen molar-refractivity contribution in [1.82, 2.24) is 9.97 Å². The SMILES string of the molecule is CCOc1ncnc(NC2(CO)CC2)c1C. The van der Waals surface area contributed by atoms with E-state index >= 15 is 0 Å². The first-order valence-electron chi connectivity index (χ1n) is 5.54. The Kier molecular flexibility index (Phi) is 2.96. The zero-order chi connectivity index (χ0) is 11.6. The highest BCUT2D eigenvalue weighted by atomic mass is 16.5. The Bertz CT molecular complexity index is 377. The third-order valence-electron chi connectivity index (χ3n) is 2.86. The van der Waals surface area contributed by atoms with Crippen LogP contribution in [0, 0.1) is 6.92 Å². The number of aromatic nitrogens is 2. The Morgan fingerprint density at radius 3 is 2.81 bits per heavy atom. The number of hydrogen-bond donors (Lipinski definition) is 2. The molecular formula is C11H17N3O2. The Balaban J connectivity index is 2.17. The molecule has 2 rings (SSSR count). The average molecular weight is 223 g/mol. The van der Waals surface area contributed by atoms with Crippen molar-refractivity contribution in [2.24, 2.45) is 0 Å². The fourth-order valence-corrected chi connectivity index (χ4v) is 1.57. The van der Waals surface area contributed by atoms with Crippen LogP contribution in [-0.2, 0) is 0 Å². The van der Waals surface area contributed by atoms with E-state index in [1.54, 1.807) is 0 Å².